The highest BCUT2D eigenvalue weighted by Gasteiger charge is 2.17. The van der Waals surface area contributed by atoms with Gasteiger partial charge >= 0.3 is 0 Å². The molecular weight excluding hydrogens is 170 g/mol. The van der Waals surface area contributed by atoms with Gasteiger partial charge in [0.1, 0.15) is 0 Å². The molecule has 0 unspecified atom stereocenters. The van der Waals surface area contributed by atoms with Crippen molar-refractivity contribution in [2.24, 2.45) is 11.3 Å². The lowest BCUT2D eigenvalue weighted by molar-refractivity contribution is 0.275. The van der Waals surface area contributed by atoms with E-state index in [9.17, 15) is 0 Å². The molecule has 1 heteroatoms. The van der Waals surface area contributed by atoms with Crippen LogP contribution >= 0.6 is 0 Å². The minimum atomic E-state index is 0.506. The second-order valence-corrected chi connectivity index (χ2v) is 5.96. The Morgan fingerprint density at radius 2 is 1.57 bits per heavy atom. The van der Waals surface area contributed by atoms with Crippen LogP contribution in [-0.4, -0.2) is 12.6 Å². The van der Waals surface area contributed by atoms with E-state index in [1.54, 1.807) is 0 Å². The lowest BCUT2D eigenvalue weighted by Crippen LogP contribution is -2.27. The molecule has 0 saturated heterocycles. The minimum absolute atomic E-state index is 0.506. The zero-order chi connectivity index (χ0) is 11.2. The van der Waals surface area contributed by atoms with Crippen molar-refractivity contribution in [1.29, 1.82) is 0 Å². The Bertz CT molecular complexity index is 136. The van der Waals surface area contributed by atoms with E-state index in [-0.39, 0.29) is 0 Å². The van der Waals surface area contributed by atoms with Crippen molar-refractivity contribution in [3.8, 4) is 0 Å². The summed E-state index contributed by atoms with van der Waals surface area (Å²) < 4.78 is 0. The normalized spacial score (nSPS) is 12.9. The van der Waals surface area contributed by atoms with E-state index in [0.717, 1.165) is 12.5 Å². The highest BCUT2D eigenvalue weighted by Crippen LogP contribution is 2.27. The summed E-state index contributed by atoms with van der Waals surface area (Å²) in [5.74, 6) is 0.840. The van der Waals surface area contributed by atoms with Crippen LogP contribution in [0, 0.1) is 11.3 Å². The van der Waals surface area contributed by atoms with Crippen LogP contribution in [0.4, 0.5) is 0 Å². The minimum Gasteiger partial charge on any atom is -0.315 e. The molecule has 0 aliphatic heterocycles. The topological polar surface area (TPSA) is 12.0 Å². The first kappa shape index (κ1) is 14.0. The molecule has 0 aromatic rings. The zero-order valence-corrected chi connectivity index (χ0v) is 11.0. The summed E-state index contributed by atoms with van der Waals surface area (Å²) in [7, 11) is 0. The summed E-state index contributed by atoms with van der Waals surface area (Å²) in [6.07, 6.45) is 4.00. The summed E-state index contributed by atoms with van der Waals surface area (Å²) in [6.45, 7) is 15.0. The van der Waals surface area contributed by atoms with Gasteiger partial charge in [-0.25, -0.2) is 0 Å². The Hall–Kier alpha value is -0.0400. The number of hydrogen-bond donors (Lipinski definition) is 1. The van der Waals surface area contributed by atoms with E-state index in [2.05, 4.69) is 46.9 Å². The first-order valence-electron chi connectivity index (χ1n) is 6.07. The molecule has 0 spiro atoms. The average Bonchev–Trinajstić information content (AvgIpc) is 2.00. The number of hydrogen-bond acceptors (Lipinski definition) is 1. The molecule has 0 aromatic heterocycles. The molecule has 0 fully saturated rings. The van der Waals surface area contributed by atoms with E-state index in [4.69, 9.17) is 0 Å². The molecule has 14 heavy (non-hydrogen) atoms. The summed E-state index contributed by atoms with van der Waals surface area (Å²) in [6, 6.07) is 0.621. The fraction of sp³-hybridized carbons (Fsp3) is 1.00. The molecule has 0 bridgehead atoms. The third-order valence-electron chi connectivity index (χ3n) is 2.75. The molecule has 0 saturated carbocycles. The highest BCUT2D eigenvalue weighted by atomic mass is 14.9. The van der Waals surface area contributed by atoms with Gasteiger partial charge in [-0.1, -0.05) is 48.0 Å². The Kier molecular flexibility index (Phi) is 6.43. The van der Waals surface area contributed by atoms with Crippen LogP contribution < -0.4 is 5.32 Å². The molecule has 0 aromatic carbocycles. The van der Waals surface area contributed by atoms with Gasteiger partial charge in [0.15, 0.2) is 0 Å². The lowest BCUT2D eigenvalue weighted by atomic mass is 9.82. The molecule has 0 radical (unpaired) electrons. The predicted octanol–water partition coefficient (Wildman–Crippen LogP) is 3.84. The molecule has 0 aliphatic rings. The fourth-order valence-corrected chi connectivity index (χ4v) is 1.50. The van der Waals surface area contributed by atoms with Crippen molar-refractivity contribution in [3.63, 3.8) is 0 Å². The smallest absolute Gasteiger partial charge is 0.00103 e. The molecule has 0 rings (SSSR count). The summed E-state index contributed by atoms with van der Waals surface area (Å²) in [5.41, 5.74) is 0.506. The van der Waals surface area contributed by atoms with Crippen LogP contribution in [0.15, 0.2) is 0 Å². The Morgan fingerprint density at radius 3 is 2.00 bits per heavy atom. The van der Waals surface area contributed by atoms with Crippen molar-refractivity contribution in [2.75, 3.05) is 6.54 Å². The van der Waals surface area contributed by atoms with Crippen molar-refractivity contribution in [1.82, 2.24) is 5.32 Å². The third-order valence-corrected chi connectivity index (χ3v) is 2.75. The second-order valence-electron chi connectivity index (χ2n) is 5.96. The average molecular weight is 199 g/mol. The van der Waals surface area contributed by atoms with E-state index in [1.165, 1.54) is 19.3 Å². The van der Waals surface area contributed by atoms with Crippen LogP contribution in [0.5, 0.6) is 0 Å². The van der Waals surface area contributed by atoms with E-state index in [1.807, 2.05) is 0 Å². The third kappa shape index (κ3) is 8.55. The number of nitrogens with one attached hydrogen (secondary N) is 1. The first-order chi connectivity index (χ1) is 6.33. The predicted molar refractivity (Wildman–Crippen MR) is 65.6 cm³/mol. The SMILES string of the molecule is CC(C)CCC(C)(C)CCNC(C)C. The molecule has 0 atom stereocenters. The van der Waals surface area contributed by atoms with Crippen molar-refractivity contribution in [2.45, 2.75) is 66.8 Å². The summed E-state index contributed by atoms with van der Waals surface area (Å²) in [4.78, 5) is 0. The second kappa shape index (κ2) is 6.44. The van der Waals surface area contributed by atoms with Crippen LogP contribution in [0.2, 0.25) is 0 Å². The van der Waals surface area contributed by atoms with Crippen LogP contribution in [0.1, 0.15) is 60.8 Å². The number of rotatable bonds is 7. The Balaban J connectivity index is 3.61. The van der Waals surface area contributed by atoms with Crippen LogP contribution in [0.3, 0.4) is 0 Å². The first-order valence-corrected chi connectivity index (χ1v) is 6.07. The van der Waals surface area contributed by atoms with Gasteiger partial charge in [-0.15, -0.1) is 0 Å². The van der Waals surface area contributed by atoms with Gasteiger partial charge in [0.25, 0.3) is 0 Å². The maximum Gasteiger partial charge on any atom is 0.00103 e. The Labute approximate surface area is 90.7 Å². The Morgan fingerprint density at radius 1 is 1.00 bits per heavy atom. The molecule has 86 valence electrons. The standard InChI is InChI=1S/C13H29N/c1-11(2)7-8-13(5,6)9-10-14-12(3)4/h11-12,14H,7-10H2,1-6H3. The van der Waals surface area contributed by atoms with Gasteiger partial charge in [-0.2, -0.15) is 0 Å². The largest absolute Gasteiger partial charge is 0.315 e. The maximum atomic E-state index is 3.49. The van der Waals surface area contributed by atoms with Crippen LogP contribution in [0.25, 0.3) is 0 Å². The van der Waals surface area contributed by atoms with Gasteiger partial charge in [-0.3, -0.25) is 0 Å². The van der Waals surface area contributed by atoms with Gasteiger partial charge in [0.05, 0.1) is 0 Å². The lowest BCUT2D eigenvalue weighted by Gasteiger charge is -2.26. The fourth-order valence-electron chi connectivity index (χ4n) is 1.50. The zero-order valence-electron chi connectivity index (χ0n) is 11.0. The van der Waals surface area contributed by atoms with Crippen LogP contribution in [-0.2, 0) is 0 Å². The van der Waals surface area contributed by atoms with Crippen molar-refractivity contribution >= 4 is 0 Å². The molecule has 0 amide bonds. The summed E-state index contributed by atoms with van der Waals surface area (Å²) >= 11 is 0. The summed E-state index contributed by atoms with van der Waals surface area (Å²) in [5, 5.41) is 3.49. The van der Waals surface area contributed by atoms with Gasteiger partial charge in [-0.05, 0) is 30.7 Å². The molecular formula is C13H29N. The monoisotopic (exact) mass is 199 g/mol. The van der Waals surface area contributed by atoms with E-state index < -0.39 is 0 Å². The van der Waals surface area contributed by atoms with Gasteiger partial charge in [0, 0.05) is 6.04 Å². The molecule has 1 nitrogen and oxygen atoms in total. The highest BCUT2D eigenvalue weighted by molar-refractivity contribution is 4.71. The van der Waals surface area contributed by atoms with E-state index >= 15 is 0 Å². The molecule has 0 heterocycles. The van der Waals surface area contributed by atoms with Gasteiger partial charge < -0.3 is 5.32 Å². The molecule has 1 N–H and O–H groups in total. The molecule has 0 aliphatic carbocycles. The van der Waals surface area contributed by atoms with Gasteiger partial charge in [0.2, 0.25) is 0 Å². The van der Waals surface area contributed by atoms with Crippen molar-refractivity contribution < 1.29 is 0 Å². The van der Waals surface area contributed by atoms with Crippen molar-refractivity contribution in [3.05, 3.63) is 0 Å². The van der Waals surface area contributed by atoms with E-state index in [0.29, 0.717) is 11.5 Å². The quantitative estimate of drug-likeness (QED) is 0.657. The maximum absolute atomic E-state index is 3.49.